The molecule has 1 aromatic carbocycles. The Morgan fingerprint density at radius 1 is 1.27 bits per heavy atom. The minimum atomic E-state index is -3.54. The molecular formula is C16H26N2O3S. The summed E-state index contributed by atoms with van der Waals surface area (Å²) in [5.74, 6) is 0.725. The molecule has 6 heteroatoms. The Balaban J connectivity index is 1.99. The number of aryl methyl sites for hydroxylation is 1. The van der Waals surface area contributed by atoms with E-state index >= 15 is 0 Å². The highest BCUT2D eigenvalue weighted by Gasteiger charge is 2.30. The quantitative estimate of drug-likeness (QED) is 0.867. The first-order valence-corrected chi connectivity index (χ1v) is 9.22. The zero-order chi connectivity index (χ0) is 16.3. The molecule has 0 aromatic heterocycles. The zero-order valence-electron chi connectivity index (χ0n) is 13.5. The molecule has 1 saturated heterocycles. The first-order valence-electron chi connectivity index (χ1n) is 7.78. The minimum Gasteiger partial charge on any atom is -0.387 e. The maximum absolute atomic E-state index is 12.4. The fourth-order valence-corrected chi connectivity index (χ4v) is 4.60. The van der Waals surface area contributed by atoms with Gasteiger partial charge in [0.2, 0.25) is 0 Å². The van der Waals surface area contributed by atoms with E-state index < -0.39 is 16.3 Å². The summed E-state index contributed by atoms with van der Waals surface area (Å²) in [6.07, 6.45) is 0.216. The van der Waals surface area contributed by atoms with Crippen LogP contribution in [0, 0.1) is 18.8 Å². The van der Waals surface area contributed by atoms with Gasteiger partial charge < -0.3 is 5.11 Å². The van der Waals surface area contributed by atoms with E-state index in [1.807, 2.05) is 31.2 Å². The highest BCUT2D eigenvalue weighted by atomic mass is 32.2. The van der Waals surface area contributed by atoms with E-state index in [1.165, 1.54) is 4.31 Å². The third-order valence-corrected chi connectivity index (χ3v) is 5.69. The van der Waals surface area contributed by atoms with Crippen LogP contribution in [0.3, 0.4) is 0 Å². The Bertz CT molecular complexity index is 593. The minimum absolute atomic E-state index is 0.00749. The van der Waals surface area contributed by atoms with Crippen LogP contribution in [-0.2, 0) is 10.2 Å². The average Bonchev–Trinajstić information content (AvgIpc) is 2.44. The van der Waals surface area contributed by atoms with Crippen LogP contribution < -0.4 is 4.72 Å². The summed E-state index contributed by atoms with van der Waals surface area (Å²) in [6.45, 7) is 7.12. The van der Waals surface area contributed by atoms with Gasteiger partial charge >= 0.3 is 0 Å². The van der Waals surface area contributed by atoms with Gasteiger partial charge in [0.25, 0.3) is 10.2 Å². The third kappa shape index (κ3) is 4.29. The van der Waals surface area contributed by atoms with Crippen LogP contribution in [0.5, 0.6) is 0 Å². The molecule has 3 unspecified atom stereocenters. The predicted octanol–water partition coefficient (Wildman–Crippen LogP) is 1.84. The van der Waals surface area contributed by atoms with Gasteiger partial charge in [-0.25, -0.2) is 0 Å². The fourth-order valence-electron chi connectivity index (χ4n) is 3.15. The van der Waals surface area contributed by atoms with Gasteiger partial charge in [-0.2, -0.15) is 17.4 Å². The third-order valence-electron chi connectivity index (χ3n) is 4.18. The Hall–Kier alpha value is -0.950. The lowest BCUT2D eigenvalue weighted by Gasteiger charge is -2.34. The normalized spacial score (nSPS) is 25.1. The molecule has 2 N–H and O–H groups in total. The molecule has 0 spiro atoms. The lowest BCUT2D eigenvalue weighted by molar-refractivity contribution is 0.177. The van der Waals surface area contributed by atoms with Gasteiger partial charge in [0.1, 0.15) is 0 Å². The number of aliphatic hydroxyl groups excluding tert-OH is 1. The monoisotopic (exact) mass is 326 g/mol. The second kappa shape index (κ2) is 7.08. The van der Waals surface area contributed by atoms with Gasteiger partial charge in [-0.3, -0.25) is 0 Å². The molecule has 0 aliphatic carbocycles. The maximum Gasteiger partial charge on any atom is 0.279 e. The number of nitrogens with zero attached hydrogens (tertiary/aromatic N) is 1. The van der Waals surface area contributed by atoms with Crippen molar-refractivity contribution in [3.8, 4) is 0 Å². The topological polar surface area (TPSA) is 69.6 Å². The molecule has 0 saturated carbocycles. The summed E-state index contributed by atoms with van der Waals surface area (Å²) in [7, 11) is -3.54. The van der Waals surface area contributed by atoms with Crippen molar-refractivity contribution in [1.29, 1.82) is 0 Å². The number of nitrogens with one attached hydrogen (secondary N) is 1. The van der Waals surface area contributed by atoms with Crippen LogP contribution in [0.25, 0.3) is 0 Å². The summed E-state index contributed by atoms with van der Waals surface area (Å²) in [5.41, 5.74) is 1.71. The summed E-state index contributed by atoms with van der Waals surface area (Å²) in [5, 5.41) is 10.2. The predicted molar refractivity (Wildman–Crippen MR) is 87.6 cm³/mol. The molecule has 3 atom stereocenters. The van der Waals surface area contributed by atoms with Crippen molar-refractivity contribution in [2.75, 3.05) is 19.6 Å². The van der Waals surface area contributed by atoms with Crippen molar-refractivity contribution in [3.05, 3.63) is 35.4 Å². The second-order valence-corrected chi connectivity index (χ2v) is 8.24. The number of hydrogen-bond acceptors (Lipinski definition) is 3. The van der Waals surface area contributed by atoms with Gasteiger partial charge in [-0.1, -0.05) is 38.1 Å². The van der Waals surface area contributed by atoms with E-state index in [-0.39, 0.29) is 6.54 Å². The van der Waals surface area contributed by atoms with Crippen molar-refractivity contribution in [2.45, 2.75) is 33.3 Å². The summed E-state index contributed by atoms with van der Waals surface area (Å²) in [6, 6.07) is 7.46. The van der Waals surface area contributed by atoms with E-state index in [1.54, 1.807) is 0 Å². The van der Waals surface area contributed by atoms with E-state index in [0.29, 0.717) is 24.9 Å². The van der Waals surface area contributed by atoms with E-state index in [4.69, 9.17) is 0 Å². The summed E-state index contributed by atoms with van der Waals surface area (Å²) >= 11 is 0. The summed E-state index contributed by atoms with van der Waals surface area (Å²) < 4.78 is 28.8. The van der Waals surface area contributed by atoms with Crippen LogP contribution in [0.4, 0.5) is 0 Å². The van der Waals surface area contributed by atoms with E-state index in [9.17, 15) is 13.5 Å². The van der Waals surface area contributed by atoms with Gasteiger partial charge in [0.15, 0.2) is 0 Å². The first-order chi connectivity index (χ1) is 10.3. The second-order valence-electron chi connectivity index (χ2n) is 6.49. The van der Waals surface area contributed by atoms with Gasteiger partial charge in [-0.15, -0.1) is 0 Å². The SMILES string of the molecule is Cc1ccccc1C(O)CNS(=O)(=O)N1CC(C)CC(C)C1. The Labute approximate surface area is 133 Å². The highest BCUT2D eigenvalue weighted by molar-refractivity contribution is 7.87. The smallest absolute Gasteiger partial charge is 0.279 e. The molecule has 1 aliphatic rings. The molecule has 1 aromatic rings. The van der Waals surface area contributed by atoms with Crippen LogP contribution in [-0.4, -0.2) is 37.5 Å². The molecule has 0 bridgehead atoms. The molecule has 1 aliphatic heterocycles. The fraction of sp³-hybridized carbons (Fsp3) is 0.625. The molecule has 2 rings (SSSR count). The van der Waals surface area contributed by atoms with Crippen molar-refractivity contribution >= 4 is 10.2 Å². The lowest BCUT2D eigenvalue weighted by atomic mass is 9.94. The number of benzene rings is 1. The number of piperidine rings is 1. The average molecular weight is 326 g/mol. The molecule has 1 heterocycles. The van der Waals surface area contributed by atoms with Crippen LogP contribution in [0.1, 0.15) is 37.5 Å². The molecular weight excluding hydrogens is 300 g/mol. The molecule has 5 nitrogen and oxygen atoms in total. The van der Waals surface area contributed by atoms with Crippen molar-refractivity contribution in [1.82, 2.24) is 9.03 Å². The van der Waals surface area contributed by atoms with Crippen LogP contribution in [0.2, 0.25) is 0 Å². The van der Waals surface area contributed by atoms with Crippen molar-refractivity contribution < 1.29 is 13.5 Å². The standard InChI is InChI=1S/C16H26N2O3S/c1-12-8-13(2)11-18(10-12)22(20,21)17-9-16(19)15-7-5-4-6-14(15)3/h4-7,12-13,16-17,19H,8-11H2,1-3H3. The van der Waals surface area contributed by atoms with Gasteiger partial charge in [0.05, 0.1) is 6.10 Å². The number of rotatable bonds is 5. The van der Waals surface area contributed by atoms with E-state index in [0.717, 1.165) is 17.5 Å². The Morgan fingerprint density at radius 3 is 2.45 bits per heavy atom. The van der Waals surface area contributed by atoms with Gasteiger partial charge in [-0.05, 0) is 36.3 Å². The first kappa shape index (κ1) is 17.4. The number of hydrogen-bond donors (Lipinski definition) is 2. The van der Waals surface area contributed by atoms with Crippen LogP contribution in [0.15, 0.2) is 24.3 Å². The molecule has 0 radical (unpaired) electrons. The van der Waals surface area contributed by atoms with Crippen LogP contribution >= 0.6 is 0 Å². The van der Waals surface area contributed by atoms with Crippen molar-refractivity contribution in [3.63, 3.8) is 0 Å². The highest BCUT2D eigenvalue weighted by Crippen LogP contribution is 2.23. The lowest BCUT2D eigenvalue weighted by Crippen LogP contribution is -2.48. The van der Waals surface area contributed by atoms with Gasteiger partial charge in [0, 0.05) is 19.6 Å². The Morgan fingerprint density at radius 2 is 1.86 bits per heavy atom. The maximum atomic E-state index is 12.4. The van der Waals surface area contributed by atoms with Crippen molar-refractivity contribution in [2.24, 2.45) is 11.8 Å². The largest absolute Gasteiger partial charge is 0.387 e. The molecule has 22 heavy (non-hydrogen) atoms. The number of aliphatic hydroxyl groups is 1. The molecule has 124 valence electrons. The zero-order valence-corrected chi connectivity index (χ0v) is 14.3. The van der Waals surface area contributed by atoms with E-state index in [2.05, 4.69) is 18.6 Å². The molecule has 0 amide bonds. The Kier molecular flexibility index (Phi) is 5.60. The molecule has 1 fully saturated rings. The summed E-state index contributed by atoms with van der Waals surface area (Å²) in [4.78, 5) is 0.